The Morgan fingerprint density at radius 3 is 0.925 bits per heavy atom. The average molecular weight is 937 g/mol. The lowest BCUT2D eigenvalue weighted by Crippen LogP contribution is -2.87. The average Bonchev–Trinajstić information content (AvgIpc) is 3.31. The number of nitrogens with two attached hydrogens (primary N) is 3. The van der Waals surface area contributed by atoms with E-state index in [0.717, 1.165) is 94.5 Å². The van der Waals surface area contributed by atoms with Gasteiger partial charge in [-0.15, -0.1) is 0 Å². The summed E-state index contributed by atoms with van der Waals surface area (Å²) < 4.78 is 0. The molecule has 3 saturated heterocycles. The number of benzene rings is 3. The van der Waals surface area contributed by atoms with Crippen LogP contribution < -0.4 is 31.3 Å². The first-order valence-electron chi connectivity index (χ1n) is 22.8. The number of nitrogens with zero attached hydrogens (tertiary/aromatic N) is 3. The second kappa shape index (κ2) is 30.5. The van der Waals surface area contributed by atoms with E-state index in [0.29, 0.717) is 19.8 Å². The number of hydrogen-bond acceptors (Lipinski definition) is 13. The largest absolute Gasteiger partial charge is 0.550 e. The molecule has 0 aliphatic carbocycles. The first kappa shape index (κ1) is 55.5. The second-order valence-corrected chi connectivity index (χ2v) is 16.5. The van der Waals surface area contributed by atoms with Gasteiger partial charge in [0.2, 0.25) is 17.7 Å². The number of hydroxylamine groups is 6. The molecule has 19 nitrogen and oxygen atoms in total. The van der Waals surface area contributed by atoms with Crippen LogP contribution in [0.25, 0.3) is 0 Å². The molecule has 67 heavy (non-hydrogen) atoms. The van der Waals surface area contributed by atoms with Gasteiger partial charge in [-0.25, -0.2) is 15.2 Å². The van der Waals surface area contributed by atoms with Crippen molar-refractivity contribution in [3.63, 3.8) is 0 Å². The number of piperidine rings is 3. The van der Waals surface area contributed by atoms with E-state index in [1.165, 1.54) is 0 Å². The molecule has 0 unspecified atom stereocenters. The summed E-state index contributed by atoms with van der Waals surface area (Å²) in [5, 5.41) is 50.5. The summed E-state index contributed by atoms with van der Waals surface area (Å²) in [5.41, 5.74) is 0.292. The molecular weight excluding hydrogens is 869 g/mol. The van der Waals surface area contributed by atoms with Crippen LogP contribution >= 0.6 is 0 Å². The molecule has 3 amide bonds. The number of amides is 3. The summed E-state index contributed by atoms with van der Waals surface area (Å²) in [5.74, 6) is -5.99. The third-order valence-electron chi connectivity index (χ3n) is 11.0. The number of aliphatic carboxylic acids is 3. The highest BCUT2D eigenvalue weighted by Gasteiger charge is 2.30. The highest BCUT2D eigenvalue weighted by Crippen LogP contribution is 2.16. The Bertz CT molecular complexity index is 1730. The standard InChI is InChI=1S/3C14H20N2O2.C6H8O7/c3*1-12(17)16(14-7-9-15-10-8-14)18-11-13-5-3-2-4-6-13;7-3(8)1-6(13,5(11)12)2-4(9)10/h3*2-6,14-15H,7-11H2,1H3;13H,1-2H2,(H,7,8)(H,9,10)(H,11,12). The smallest absolute Gasteiger partial charge is 0.243 e. The lowest BCUT2D eigenvalue weighted by atomic mass is 9.96. The Balaban J connectivity index is 0.000000239. The van der Waals surface area contributed by atoms with Crippen LogP contribution in [0.2, 0.25) is 0 Å². The van der Waals surface area contributed by atoms with E-state index in [1.807, 2.05) is 91.0 Å². The van der Waals surface area contributed by atoms with Crippen molar-refractivity contribution in [2.75, 3.05) is 39.3 Å². The maximum atomic E-state index is 11.7. The van der Waals surface area contributed by atoms with Gasteiger partial charge in [0.05, 0.1) is 63.4 Å². The second-order valence-electron chi connectivity index (χ2n) is 16.5. The van der Waals surface area contributed by atoms with Crippen LogP contribution in [0.5, 0.6) is 0 Å². The van der Waals surface area contributed by atoms with Gasteiger partial charge in [-0.1, -0.05) is 91.0 Å². The molecule has 3 heterocycles. The van der Waals surface area contributed by atoms with Crippen LogP contribution in [-0.2, 0) is 63.1 Å². The van der Waals surface area contributed by atoms with Gasteiger partial charge >= 0.3 is 0 Å². The molecular formula is C48H68N6O13. The number of carbonyl (C=O) groups is 6. The molecule has 368 valence electrons. The molecule has 3 aromatic carbocycles. The van der Waals surface area contributed by atoms with E-state index in [4.69, 9.17) is 19.6 Å². The number of hydrogen-bond donors (Lipinski definition) is 4. The molecule has 0 radical (unpaired) electrons. The molecule has 0 saturated carbocycles. The summed E-state index contributed by atoms with van der Waals surface area (Å²) >= 11 is 0. The fourth-order valence-corrected chi connectivity index (χ4v) is 7.63. The molecule has 7 N–H and O–H groups in total. The van der Waals surface area contributed by atoms with Gasteiger partial charge in [-0.3, -0.25) is 28.9 Å². The van der Waals surface area contributed by atoms with E-state index in [1.54, 1.807) is 36.0 Å². The van der Waals surface area contributed by atoms with E-state index in [2.05, 4.69) is 16.0 Å². The molecule has 0 spiro atoms. The highest BCUT2D eigenvalue weighted by molar-refractivity contribution is 5.86. The van der Waals surface area contributed by atoms with E-state index in [9.17, 15) is 44.1 Å². The first-order chi connectivity index (χ1) is 32.1. The lowest BCUT2D eigenvalue weighted by molar-refractivity contribution is -0.665. The SMILES string of the molecule is CC(=O)N(OCc1ccccc1)C1CC[NH2+]CC1.CC(=O)N(OCc1ccccc1)C1CC[NH2+]CC1.CC(=O)N(OCc1ccccc1)C1CC[NH2+]CC1.O=C([O-])CC(O)(CC(=O)[O-])C(=O)[O-]. The fraction of sp³-hybridized carbons (Fsp3) is 0.500. The molecule has 3 aliphatic rings. The van der Waals surface area contributed by atoms with Crippen LogP contribution in [0.4, 0.5) is 0 Å². The van der Waals surface area contributed by atoms with E-state index >= 15 is 0 Å². The van der Waals surface area contributed by atoms with Gasteiger partial charge < -0.3 is 50.8 Å². The third kappa shape index (κ3) is 21.6. The first-order valence-corrected chi connectivity index (χ1v) is 22.8. The Kier molecular flexibility index (Phi) is 25.3. The van der Waals surface area contributed by atoms with Gasteiger partial charge in [0, 0.05) is 84.1 Å². The van der Waals surface area contributed by atoms with Gasteiger partial charge in [0.25, 0.3) is 0 Å². The normalized spacial score (nSPS) is 15.4. The van der Waals surface area contributed by atoms with Crippen LogP contribution in [-0.4, -0.2) is 119 Å². The van der Waals surface area contributed by atoms with Crippen molar-refractivity contribution in [2.24, 2.45) is 0 Å². The van der Waals surface area contributed by atoms with Gasteiger partial charge in [0.15, 0.2) is 0 Å². The van der Waals surface area contributed by atoms with Gasteiger partial charge in [0.1, 0.15) is 25.4 Å². The number of rotatable bonds is 17. The summed E-state index contributed by atoms with van der Waals surface area (Å²) in [4.78, 5) is 82.1. The third-order valence-corrected chi connectivity index (χ3v) is 11.0. The predicted octanol–water partition coefficient (Wildman–Crippen LogP) is -3.18. The molecule has 0 aromatic heterocycles. The topological polar surface area (TPSA) is 279 Å². The number of carboxylic acid groups (broad SMARTS) is 3. The summed E-state index contributed by atoms with van der Waals surface area (Å²) in [6.45, 7) is 12.5. The zero-order chi connectivity index (χ0) is 49.0. The Labute approximate surface area is 392 Å². The van der Waals surface area contributed by atoms with E-state index in [-0.39, 0.29) is 35.8 Å². The molecule has 3 fully saturated rings. The summed E-state index contributed by atoms with van der Waals surface area (Å²) in [6.07, 6.45) is 3.33. The Morgan fingerprint density at radius 1 is 0.493 bits per heavy atom. The summed E-state index contributed by atoms with van der Waals surface area (Å²) in [7, 11) is 0. The maximum absolute atomic E-state index is 11.7. The minimum Gasteiger partial charge on any atom is -0.550 e. The quantitative estimate of drug-likeness (QED) is 0.0974. The molecule has 0 atom stereocenters. The van der Waals surface area contributed by atoms with Crippen molar-refractivity contribution in [3.8, 4) is 0 Å². The van der Waals surface area contributed by atoms with Gasteiger partial charge in [-0.05, 0) is 16.7 Å². The van der Waals surface area contributed by atoms with Crippen molar-refractivity contribution in [1.82, 2.24) is 15.2 Å². The van der Waals surface area contributed by atoms with Crippen molar-refractivity contribution < 1.29 is 79.7 Å². The molecule has 6 rings (SSSR count). The number of carboxylic acids is 3. The zero-order valence-electron chi connectivity index (χ0n) is 38.8. The van der Waals surface area contributed by atoms with Crippen molar-refractivity contribution in [2.45, 2.75) is 116 Å². The summed E-state index contributed by atoms with van der Waals surface area (Å²) in [6, 6.07) is 30.5. The minimum absolute atomic E-state index is 0.00201. The minimum atomic E-state index is -2.97. The zero-order valence-corrected chi connectivity index (χ0v) is 38.8. The van der Waals surface area contributed by atoms with Crippen molar-refractivity contribution >= 4 is 35.6 Å². The van der Waals surface area contributed by atoms with Crippen molar-refractivity contribution in [1.29, 1.82) is 0 Å². The Hall–Kier alpha value is -5.80. The van der Waals surface area contributed by atoms with Crippen LogP contribution in [0.3, 0.4) is 0 Å². The fourth-order valence-electron chi connectivity index (χ4n) is 7.63. The molecule has 0 bridgehead atoms. The number of quaternary nitrogens is 3. The predicted molar refractivity (Wildman–Crippen MR) is 235 cm³/mol. The number of carbonyl (C=O) groups excluding carboxylic acids is 6. The number of aliphatic hydroxyl groups is 1. The van der Waals surface area contributed by atoms with Crippen LogP contribution in [0.15, 0.2) is 91.0 Å². The lowest BCUT2D eigenvalue weighted by Gasteiger charge is -2.31. The molecule has 3 aromatic rings. The van der Waals surface area contributed by atoms with Crippen molar-refractivity contribution in [3.05, 3.63) is 108 Å². The van der Waals surface area contributed by atoms with Gasteiger partial charge in [-0.2, -0.15) is 0 Å². The maximum Gasteiger partial charge on any atom is 0.243 e. The molecule has 3 aliphatic heterocycles. The van der Waals surface area contributed by atoms with E-state index < -0.39 is 36.4 Å². The monoisotopic (exact) mass is 936 g/mol. The van der Waals surface area contributed by atoms with Crippen LogP contribution in [0.1, 0.15) is 88.8 Å². The van der Waals surface area contributed by atoms with Crippen LogP contribution in [0, 0.1) is 0 Å². The highest BCUT2D eigenvalue weighted by atomic mass is 16.7. The Morgan fingerprint density at radius 2 is 0.731 bits per heavy atom. The molecule has 19 heteroatoms.